The van der Waals surface area contributed by atoms with E-state index in [1.165, 1.54) is 19.1 Å². The van der Waals surface area contributed by atoms with Gasteiger partial charge in [-0.2, -0.15) is 4.39 Å². The third-order valence-corrected chi connectivity index (χ3v) is 5.27. The molecule has 2 aromatic rings. The number of ether oxygens (including phenoxy) is 3. The van der Waals surface area contributed by atoms with Crippen molar-refractivity contribution in [2.24, 2.45) is 0 Å². The van der Waals surface area contributed by atoms with Gasteiger partial charge < -0.3 is 19.2 Å². The number of nitrogens with zero attached hydrogens (tertiary/aromatic N) is 1. The molecule has 11 heteroatoms. The van der Waals surface area contributed by atoms with Gasteiger partial charge in [-0.15, -0.1) is 0 Å². The average molecular weight is 438 g/mol. The highest BCUT2D eigenvalue weighted by Crippen LogP contribution is 2.49. The summed E-state index contributed by atoms with van der Waals surface area (Å²) >= 11 is 0. The molecule has 1 aromatic carbocycles. The standard InChI is InChI=1S/C20H20F2N2O7/c1-11(25)31-20(3)14(10-29-16(27)12-7-5-4-6-8-12)30-17(19(20,2)22)24-15(26)13(21)9-23-18(24)28/h4-9,14,17H,10H2,1-3H3,(H,23,28)/t14-,17?,19+,20?/m1/s1. The Bertz CT molecular complexity index is 1110. The molecule has 1 N–H and O–H groups in total. The van der Waals surface area contributed by atoms with Crippen molar-refractivity contribution < 1.29 is 32.6 Å². The van der Waals surface area contributed by atoms with Crippen molar-refractivity contribution in [2.75, 3.05) is 6.61 Å². The fourth-order valence-electron chi connectivity index (χ4n) is 3.42. The molecule has 31 heavy (non-hydrogen) atoms. The fraction of sp³-hybridized carbons (Fsp3) is 0.400. The first-order valence-electron chi connectivity index (χ1n) is 9.25. The first-order chi connectivity index (χ1) is 14.5. The SMILES string of the molecule is CC(=O)OC1(C)[C@@H](COC(=O)c2ccccc2)OC(n2c(=O)[nH]cc(F)c2=O)[C@]1(C)F. The lowest BCUT2D eigenvalue weighted by Crippen LogP contribution is -2.56. The average Bonchev–Trinajstić information content (AvgIpc) is 2.89. The summed E-state index contributed by atoms with van der Waals surface area (Å²) < 4.78 is 45.9. The highest BCUT2D eigenvalue weighted by Gasteiger charge is 2.67. The van der Waals surface area contributed by atoms with E-state index < -0.39 is 59.2 Å². The van der Waals surface area contributed by atoms with E-state index in [-0.39, 0.29) is 10.1 Å². The summed E-state index contributed by atoms with van der Waals surface area (Å²) in [6, 6.07) is 7.92. The normalized spacial score (nSPS) is 27.6. The van der Waals surface area contributed by atoms with Crippen LogP contribution in [0.3, 0.4) is 0 Å². The van der Waals surface area contributed by atoms with E-state index in [1.54, 1.807) is 18.2 Å². The molecule has 0 bridgehead atoms. The summed E-state index contributed by atoms with van der Waals surface area (Å²) in [4.78, 5) is 50.3. The summed E-state index contributed by atoms with van der Waals surface area (Å²) in [5, 5.41) is 0. The first-order valence-corrected chi connectivity index (χ1v) is 9.25. The highest BCUT2D eigenvalue weighted by molar-refractivity contribution is 5.89. The number of benzene rings is 1. The van der Waals surface area contributed by atoms with E-state index in [4.69, 9.17) is 14.2 Å². The van der Waals surface area contributed by atoms with Gasteiger partial charge in [0.25, 0.3) is 5.56 Å². The van der Waals surface area contributed by atoms with Gasteiger partial charge in [0.05, 0.1) is 5.56 Å². The molecule has 0 aliphatic carbocycles. The van der Waals surface area contributed by atoms with Crippen LogP contribution in [0.4, 0.5) is 8.78 Å². The molecule has 2 unspecified atom stereocenters. The van der Waals surface area contributed by atoms with Crippen LogP contribution in [0.5, 0.6) is 0 Å². The Hall–Kier alpha value is -3.34. The van der Waals surface area contributed by atoms with Crippen molar-refractivity contribution in [1.29, 1.82) is 0 Å². The van der Waals surface area contributed by atoms with Crippen LogP contribution < -0.4 is 11.2 Å². The van der Waals surface area contributed by atoms with Crippen LogP contribution in [0.1, 0.15) is 37.4 Å². The van der Waals surface area contributed by atoms with E-state index in [2.05, 4.69) is 0 Å². The molecule has 1 saturated heterocycles. The van der Waals surface area contributed by atoms with Crippen LogP contribution in [0.15, 0.2) is 46.1 Å². The number of H-pyrrole nitrogens is 1. The van der Waals surface area contributed by atoms with Gasteiger partial charge in [-0.1, -0.05) is 18.2 Å². The van der Waals surface area contributed by atoms with Gasteiger partial charge in [-0.3, -0.25) is 9.59 Å². The number of aromatic amines is 1. The summed E-state index contributed by atoms with van der Waals surface area (Å²) in [6.07, 6.45) is -2.85. The second-order valence-electron chi connectivity index (χ2n) is 7.33. The third-order valence-electron chi connectivity index (χ3n) is 5.27. The van der Waals surface area contributed by atoms with E-state index in [0.717, 1.165) is 13.8 Å². The van der Waals surface area contributed by atoms with Crippen molar-refractivity contribution in [3.05, 3.63) is 68.7 Å². The zero-order valence-corrected chi connectivity index (χ0v) is 16.9. The summed E-state index contributed by atoms with van der Waals surface area (Å²) in [5.41, 5.74) is -7.12. The third kappa shape index (κ3) is 3.88. The van der Waals surface area contributed by atoms with Crippen LogP contribution in [0.25, 0.3) is 0 Å². The Kier molecular flexibility index (Phi) is 5.81. The number of carbonyl (C=O) groups excluding carboxylic acids is 2. The number of rotatable bonds is 5. The summed E-state index contributed by atoms with van der Waals surface area (Å²) in [5.74, 6) is -2.97. The highest BCUT2D eigenvalue weighted by atomic mass is 19.1. The van der Waals surface area contributed by atoms with Crippen molar-refractivity contribution in [2.45, 2.75) is 44.4 Å². The van der Waals surface area contributed by atoms with Gasteiger partial charge in [0.1, 0.15) is 12.7 Å². The topological polar surface area (TPSA) is 117 Å². The van der Waals surface area contributed by atoms with Crippen molar-refractivity contribution >= 4 is 11.9 Å². The van der Waals surface area contributed by atoms with Crippen molar-refractivity contribution in [1.82, 2.24) is 9.55 Å². The number of aromatic nitrogens is 2. The van der Waals surface area contributed by atoms with E-state index in [1.807, 2.05) is 4.98 Å². The molecule has 2 heterocycles. The largest absolute Gasteiger partial charge is 0.459 e. The molecule has 1 aliphatic rings. The van der Waals surface area contributed by atoms with Gasteiger partial charge in [-0.25, -0.2) is 18.5 Å². The number of carbonyl (C=O) groups is 2. The monoisotopic (exact) mass is 438 g/mol. The van der Waals surface area contributed by atoms with Gasteiger partial charge in [0, 0.05) is 13.1 Å². The molecule has 1 fully saturated rings. The zero-order chi connectivity index (χ0) is 23.0. The Morgan fingerprint density at radius 3 is 2.48 bits per heavy atom. The smallest absolute Gasteiger partial charge is 0.338 e. The number of esters is 2. The predicted octanol–water partition coefficient (Wildman–Crippen LogP) is 1.48. The maximum atomic E-state index is 16.0. The summed E-state index contributed by atoms with van der Waals surface area (Å²) in [7, 11) is 0. The molecular weight excluding hydrogens is 418 g/mol. The minimum atomic E-state index is -2.69. The van der Waals surface area contributed by atoms with Crippen LogP contribution in [0, 0.1) is 5.82 Å². The van der Waals surface area contributed by atoms with E-state index in [9.17, 15) is 23.6 Å². The molecule has 1 aromatic heterocycles. The van der Waals surface area contributed by atoms with E-state index in [0.29, 0.717) is 6.20 Å². The maximum absolute atomic E-state index is 16.0. The second kappa shape index (κ2) is 8.06. The number of halogens is 2. The van der Waals surface area contributed by atoms with Crippen molar-refractivity contribution in [3.8, 4) is 0 Å². The number of alkyl halides is 1. The zero-order valence-electron chi connectivity index (χ0n) is 16.9. The molecule has 166 valence electrons. The van der Waals surface area contributed by atoms with Crippen LogP contribution in [0.2, 0.25) is 0 Å². The fourth-order valence-corrected chi connectivity index (χ4v) is 3.42. The maximum Gasteiger partial charge on any atom is 0.338 e. The molecule has 4 atom stereocenters. The van der Waals surface area contributed by atoms with Gasteiger partial charge in [0.15, 0.2) is 17.5 Å². The van der Waals surface area contributed by atoms with Crippen molar-refractivity contribution in [3.63, 3.8) is 0 Å². The molecule has 9 nitrogen and oxygen atoms in total. The quantitative estimate of drug-likeness (QED) is 0.703. The van der Waals surface area contributed by atoms with Gasteiger partial charge >= 0.3 is 17.6 Å². The molecule has 3 rings (SSSR count). The molecular formula is C20H20F2N2O7. The Balaban J connectivity index is 1.98. The molecule has 0 amide bonds. The Morgan fingerprint density at radius 1 is 1.23 bits per heavy atom. The van der Waals surface area contributed by atoms with Crippen LogP contribution in [-0.2, 0) is 19.0 Å². The first kappa shape index (κ1) is 22.3. The van der Waals surface area contributed by atoms with Gasteiger partial charge in [-0.05, 0) is 26.0 Å². The molecule has 0 spiro atoms. The summed E-state index contributed by atoms with van der Waals surface area (Å²) in [6.45, 7) is 2.57. The number of nitrogens with one attached hydrogen (secondary N) is 1. The number of hydrogen-bond acceptors (Lipinski definition) is 7. The molecule has 0 saturated carbocycles. The van der Waals surface area contributed by atoms with E-state index >= 15 is 4.39 Å². The Labute approximate surface area is 174 Å². The Morgan fingerprint density at radius 2 is 1.87 bits per heavy atom. The molecule has 0 radical (unpaired) electrons. The predicted molar refractivity (Wildman–Crippen MR) is 102 cm³/mol. The van der Waals surface area contributed by atoms with Crippen LogP contribution in [-0.4, -0.2) is 45.5 Å². The number of hydrogen-bond donors (Lipinski definition) is 1. The minimum Gasteiger partial charge on any atom is -0.459 e. The van der Waals surface area contributed by atoms with Crippen LogP contribution >= 0.6 is 0 Å². The minimum absolute atomic E-state index is 0.215. The van der Waals surface area contributed by atoms with Gasteiger partial charge in [0.2, 0.25) is 5.82 Å². The lowest BCUT2D eigenvalue weighted by atomic mass is 9.84. The lowest BCUT2D eigenvalue weighted by Gasteiger charge is -2.36. The second-order valence-corrected chi connectivity index (χ2v) is 7.33. The molecule has 1 aliphatic heterocycles. The lowest BCUT2D eigenvalue weighted by molar-refractivity contribution is -0.175.